The maximum absolute atomic E-state index is 5.94. The minimum absolute atomic E-state index is 0. The minimum atomic E-state index is 0. The third-order valence-corrected chi connectivity index (χ3v) is 4.22. The van der Waals surface area contributed by atoms with Crippen LogP contribution >= 0.6 is 35.3 Å². The largest absolute Gasteiger partial charge is 0.370 e. The average molecular weight is 444 g/mol. The van der Waals surface area contributed by atoms with E-state index in [4.69, 9.17) is 5.73 Å². The molecule has 0 radical (unpaired) electrons. The molecule has 3 N–H and O–H groups in total. The predicted molar refractivity (Wildman–Crippen MR) is 111 cm³/mol. The Labute approximate surface area is 159 Å². The summed E-state index contributed by atoms with van der Waals surface area (Å²) in [5.41, 5.74) is 8.46. The van der Waals surface area contributed by atoms with E-state index in [1.54, 1.807) is 11.3 Å². The zero-order valence-electron chi connectivity index (χ0n) is 13.7. The number of benzene rings is 1. The molecule has 0 atom stereocenters. The van der Waals surface area contributed by atoms with Crippen molar-refractivity contribution < 1.29 is 0 Å². The monoisotopic (exact) mass is 444 g/mol. The Balaban J connectivity index is 0.00000264. The lowest BCUT2D eigenvalue weighted by Gasteiger charge is -2.13. The van der Waals surface area contributed by atoms with Crippen LogP contribution in [-0.2, 0) is 19.5 Å². The second-order valence-electron chi connectivity index (χ2n) is 5.46. The first kappa shape index (κ1) is 19.9. The molecular weight excluding hydrogens is 419 g/mol. The molecule has 1 aromatic carbocycles. The van der Waals surface area contributed by atoms with Gasteiger partial charge < -0.3 is 16.0 Å². The summed E-state index contributed by atoms with van der Waals surface area (Å²) in [6, 6.07) is 12.6. The zero-order chi connectivity index (χ0) is 15.8. The first-order chi connectivity index (χ1) is 10.6. The molecule has 0 unspecified atom stereocenters. The summed E-state index contributed by atoms with van der Waals surface area (Å²) in [6.07, 6.45) is 0.977. The summed E-state index contributed by atoms with van der Waals surface area (Å²) < 4.78 is 0. The molecule has 2 aromatic rings. The van der Waals surface area contributed by atoms with Crippen LogP contribution < -0.4 is 11.1 Å². The maximum atomic E-state index is 5.94. The van der Waals surface area contributed by atoms with E-state index in [0.717, 1.165) is 19.5 Å². The van der Waals surface area contributed by atoms with Crippen LogP contribution in [0.1, 0.15) is 16.0 Å². The number of hydrogen-bond acceptors (Lipinski definition) is 3. The van der Waals surface area contributed by atoms with Crippen LogP contribution in [-0.4, -0.2) is 31.5 Å². The van der Waals surface area contributed by atoms with Crippen LogP contribution in [0.5, 0.6) is 0 Å². The molecule has 23 heavy (non-hydrogen) atoms. The van der Waals surface area contributed by atoms with Crippen LogP contribution in [0, 0.1) is 0 Å². The smallest absolute Gasteiger partial charge is 0.188 e. The van der Waals surface area contributed by atoms with Gasteiger partial charge in [-0.05, 0) is 43.1 Å². The lowest BCUT2D eigenvalue weighted by atomic mass is 10.1. The summed E-state index contributed by atoms with van der Waals surface area (Å²) >= 11 is 1.77. The third kappa shape index (κ3) is 7.32. The molecule has 0 aliphatic carbocycles. The summed E-state index contributed by atoms with van der Waals surface area (Å²) in [7, 11) is 4.14. The van der Waals surface area contributed by atoms with E-state index in [2.05, 4.69) is 65.0 Å². The van der Waals surface area contributed by atoms with Crippen molar-refractivity contribution >= 4 is 41.3 Å². The first-order valence-corrected chi connectivity index (χ1v) is 8.31. The van der Waals surface area contributed by atoms with E-state index in [0.29, 0.717) is 12.5 Å². The Morgan fingerprint density at radius 3 is 2.57 bits per heavy atom. The number of nitrogens with zero attached hydrogens (tertiary/aromatic N) is 2. The first-order valence-electron chi connectivity index (χ1n) is 7.43. The lowest BCUT2D eigenvalue weighted by molar-refractivity contribution is 0.401. The fourth-order valence-electron chi connectivity index (χ4n) is 2.20. The van der Waals surface area contributed by atoms with Gasteiger partial charge in [0.25, 0.3) is 0 Å². The van der Waals surface area contributed by atoms with Gasteiger partial charge in [-0.3, -0.25) is 0 Å². The van der Waals surface area contributed by atoms with Crippen LogP contribution in [0.3, 0.4) is 0 Å². The maximum Gasteiger partial charge on any atom is 0.188 e. The van der Waals surface area contributed by atoms with Crippen LogP contribution in [0.4, 0.5) is 0 Å². The highest BCUT2D eigenvalue weighted by Crippen LogP contribution is 2.11. The topological polar surface area (TPSA) is 53.6 Å². The number of halogens is 1. The van der Waals surface area contributed by atoms with Gasteiger partial charge in [0.15, 0.2) is 5.96 Å². The number of nitrogens with one attached hydrogen (secondary N) is 1. The molecular formula is C17H25IN4S. The fourth-order valence-corrected chi connectivity index (χ4v) is 2.91. The molecule has 126 valence electrons. The van der Waals surface area contributed by atoms with Crippen molar-refractivity contribution in [1.29, 1.82) is 0 Å². The molecule has 0 saturated carbocycles. The van der Waals surface area contributed by atoms with Crippen molar-refractivity contribution in [2.75, 3.05) is 20.6 Å². The van der Waals surface area contributed by atoms with E-state index in [-0.39, 0.29) is 24.0 Å². The van der Waals surface area contributed by atoms with Gasteiger partial charge in [-0.15, -0.1) is 35.3 Å². The highest BCUT2D eigenvalue weighted by Gasteiger charge is 2.02. The SMILES string of the molecule is CN(C)Cc1ccccc1CN=C(N)NCCc1cccs1.I. The van der Waals surface area contributed by atoms with Crippen LogP contribution in [0.2, 0.25) is 0 Å². The van der Waals surface area contributed by atoms with Crippen LogP contribution in [0.25, 0.3) is 0 Å². The van der Waals surface area contributed by atoms with Gasteiger partial charge in [0, 0.05) is 18.0 Å². The van der Waals surface area contributed by atoms with E-state index in [1.165, 1.54) is 16.0 Å². The molecule has 0 fully saturated rings. The van der Waals surface area contributed by atoms with Gasteiger partial charge in [0.05, 0.1) is 6.54 Å². The normalized spacial score (nSPS) is 11.3. The van der Waals surface area contributed by atoms with Gasteiger partial charge in [-0.1, -0.05) is 30.3 Å². The van der Waals surface area contributed by atoms with E-state index in [9.17, 15) is 0 Å². The van der Waals surface area contributed by atoms with Gasteiger partial charge in [0.2, 0.25) is 0 Å². The Hall–Kier alpha value is -1.12. The number of thiophene rings is 1. The fraction of sp³-hybridized carbons (Fsp3) is 0.353. The molecule has 1 heterocycles. The number of nitrogens with two attached hydrogens (primary N) is 1. The minimum Gasteiger partial charge on any atom is -0.370 e. The summed E-state index contributed by atoms with van der Waals surface area (Å²) in [5.74, 6) is 0.510. The van der Waals surface area contributed by atoms with Crippen LogP contribution in [0.15, 0.2) is 46.8 Å². The molecule has 0 aliphatic heterocycles. The molecule has 0 spiro atoms. The number of rotatable bonds is 7. The van der Waals surface area contributed by atoms with Crippen molar-refractivity contribution in [3.05, 3.63) is 57.8 Å². The Kier molecular flexibility index (Phi) is 9.20. The van der Waals surface area contributed by atoms with Crippen molar-refractivity contribution in [1.82, 2.24) is 10.2 Å². The van der Waals surface area contributed by atoms with Crippen molar-refractivity contribution in [3.63, 3.8) is 0 Å². The number of guanidine groups is 1. The van der Waals surface area contributed by atoms with Gasteiger partial charge in [0.1, 0.15) is 0 Å². The summed E-state index contributed by atoms with van der Waals surface area (Å²) in [5, 5.41) is 5.27. The average Bonchev–Trinajstić information content (AvgIpc) is 2.99. The lowest BCUT2D eigenvalue weighted by Crippen LogP contribution is -2.33. The highest BCUT2D eigenvalue weighted by molar-refractivity contribution is 14.0. The van der Waals surface area contributed by atoms with Gasteiger partial charge in [-0.25, -0.2) is 4.99 Å². The van der Waals surface area contributed by atoms with E-state index in [1.807, 2.05) is 6.07 Å². The molecule has 2 rings (SSSR count). The molecule has 0 saturated heterocycles. The Bertz CT molecular complexity index is 596. The molecule has 0 bridgehead atoms. The van der Waals surface area contributed by atoms with Crippen molar-refractivity contribution in [3.8, 4) is 0 Å². The summed E-state index contributed by atoms with van der Waals surface area (Å²) in [4.78, 5) is 7.97. The molecule has 0 aliphatic rings. The third-order valence-electron chi connectivity index (χ3n) is 3.28. The molecule has 4 nitrogen and oxygen atoms in total. The molecule has 6 heteroatoms. The molecule has 1 aromatic heterocycles. The van der Waals surface area contributed by atoms with Gasteiger partial charge >= 0.3 is 0 Å². The predicted octanol–water partition coefficient (Wildman–Crippen LogP) is 3.07. The highest BCUT2D eigenvalue weighted by atomic mass is 127. The zero-order valence-corrected chi connectivity index (χ0v) is 16.8. The Morgan fingerprint density at radius 1 is 1.17 bits per heavy atom. The molecule has 0 amide bonds. The summed E-state index contributed by atoms with van der Waals surface area (Å²) in [6.45, 7) is 2.34. The van der Waals surface area contributed by atoms with Gasteiger partial charge in [-0.2, -0.15) is 0 Å². The standard InChI is InChI=1S/C17H24N4S.HI/c1-21(2)13-15-7-4-3-6-14(15)12-20-17(18)19-10-9-16-8-5-11-22-16;/h3-8,11H,9-10,12-13H2,1-2H3,(H3,18,19,20);1H. The quantitative estimate of drug-likeness (QED) is 0.392. The number of aliphatic imine (C=N–C) groups is 1. The second-order valence-corrected chi connectivity index (χ2v) is 6.50. The second kappa shape index (κ2) is 10.6. The van der Waals surface area contributed by atoms with Crippen molar-refractivity contribution in [2.24, 2.45) is 10.7 Å². The Morgan fingerprint density at radius 2 is 1.91 bits per heavy atom. The van der Waals surface area contributed by atoms with E-state index >= 15 is 0 Å². The van der Waals surface area contributed by atoms with Crippen molar-refractivity contribution in [2.45, 2.75) is 19.5 Å². The van der Waals surface area contributed by atoms with E-state index < -0.39 is 0 Å². The number of hydrogen-bond donors (Lipinski definition) is 2.